The third kappa shape index (κ3) is 1.66. The van der Waals surface area contributed by atoms with E-state index in [9.17, 15) is 8.78 Å². The van der Waals surface area contributed by atoms with Crippen molar-refractivity contribution < 1.29 is 8.78 Å². The van der Waals surface area contributed by atoms with Gasteiger partial charge in [-0.1, -0.05) is 22.6 Å². The van der Waals surface area contributed by atoms with Crippen molar-refractivity contribution in [3.63, 3.8) is 0 Å². The first-order chi connectivity index (χ1) is 5.15. The first-order valence-corrected chi connectivity index (χ1v) is 3.75. The molecular weight excluding hydrogens is 263 g/mol. The van der Waals surface area contributed by atoms with Gasteiger partial charge in [0, 0.05) is 3.57 Å². The predicted octanol–water partition coefficient (Wildman–Crippen LogP) is 3.12. The molecule has 1 aromatic carbocycles. The maximum absolute atomic E-state index is 12.4. The fourth-order valence-electron chi connectivity index (χ4n) is 0.598. The molecule has 1 aromatic rings. The summed E-state index contributed by atoms with van der Waals surface area (Å²) in [5, 5.41) is 0. The van der Waals surface area contributed by atoms with Crippen molar-refractivity contribution in [2.45, 2.75) is 0 Å². The lowest BCUT2D eigenvalue weighted by Gasteiger charge is -1.95. The van der Waals surface area contributed by atoms with Crippen molar-refractivity contribution in [2.75, 3.05) is 0 Å². The molecule has 0 aliphatic rings. The second-order valence-electron chi connectivity index (χ2n) is 1.83. The molecule has 0 aromatic heterocycles. The van der Waals surface area contributed by atoms with Crippen LogP contribution >= 0.6 is 22.6 Å². The monoisotopic (exact) mass is 265 g/mol. The Bertz CT molecular complexity index is 330. The number of hydrogen-bond donors (Lipinski definition) is 0. The lowest BCUT2D eigenvalue weighted by molar-refractivity contribution is 0.508. The van der Waals surface area contributed by atoms with Crippen LogP contribution in [0.5, 0.6) is 0 Å². The van der Waals surface area contributed by atoms with Gasteiger partial charge in [0.15, 0.2) is 5.82 Å². The molecule has 0 fully saturated rings. The quantitative estimate of drug-likeness (QED) is 0.385. The van der Waals surface area contributed by atoms with E-state index in [1.807, 2.05) is 0 Å². The van der Waals surface area contributed by atoms with Gasteiger partial charge in [-0.25, -0.2) is 13.6 Å². The van der Waals surface area contributed by atoms with Crippen LogP contribution in [0.25, 0.3) is 4.85 Å². The Balaban J connectivity index is 3.35. The number of rotatable bonds is 0. The van der Waals surface area contributed by atoms with E-state index >= 15 is 0 Å². The third-order valence-electron chi connectivity index (χ3n) is 1.11. The van der Waals surface area contributed by atoms with Crippen LogP contribution in [0.15, 0.2) is 12.1 Å². The molecule has 0 aliphatic heterocycles. The Morgan fingerprint density at radius 1 is 1.27 bits per heavy atom. The summed E-state index contributed by atoms with van der Waals surface area (Å²) in [6.07, 6.45) is 0. The van der Waals surface area contributed by atoms with Crippen LogP contribution < -0.4 is 0 Å². The highest BCUT2D eigenvalue weighted by Gasteiger charge is 2.06. The summed E-state index contributed by atoms with van der Waals surface area (Å²) in [4.78, 5) is 3.01. The third-order valence-corrected chi connectivity index (χ3v) is 1.97. The lowest BCUT2D eigenvalue weighted by Crippen LogP contribution is -1.83. The summed E-state index contributed by atoms with van der Waals surface area (Å²) in [5.41, 5.74) is 0.143. The van der Waals surface area contributed by atoms with E-state index in [2.05, 4.69) is 4.85 Å². The summed E-state index contributed by atoms with van der Waals surface area (Å²) in [5.74, 6) is -1.89. The Labute approximate surface area is 76.0 Å². The Kier molecular flexibility index (Phi) is 2.39. The van der Waals surface area contributed by atoms with Gasteiger partial charge in [-0.3, -0.25) is 0 Å². The van der Waals surface area contributed by atoms with Gasteiger partial charge < -0.3 is 0 Å². The van der Waals surface area contributed by atoms with Crippen LogP contribution in [0.1, 0.15) is 0 Å². The fourth-order valence-corrected chi connectivity index (χ4v) is 1.15. The maximum Gasteiger partial charge on any atom is 0.203 e. The second-order valence-corrected chi connectivity index (χ2v) is 2.99. The molecule has 0 unspecified atom stereocenters. The van der Waals surface area contributed by atoms with Crippen LogP contribution in [0.4, 0.5) is 14.5 Å². The normalized spacial score (nSPS) is 9.27. The van der Waals surface area contributed by atoms with Crippen molar-refractivity contribution in [3.8, 4) is 0 Å². The van der Waals surface area contributed by atoms with Crippen LogP contribution in [0.2, 0.25) is 0 Å². The molecule has 0 saturated carbocycles. The summed E-state index contributed by atoms with van der Waals surface area (Å²) in [6.45, 7) is 6.58. The molecule has 0 aliphatic carbocycles. The lowest BCUT2D eigenvalue weighted by atomic mass is 10.3. The number of hydrogen-bond acceptors (Lipinski definition) is 0. The molecule has 0 heterocycles. The molecule has 1 rings (SSSR count). The Hall–Kier alpha value is -0.700. The standard InChI is InChI=1S/C7H2F2IN/c1-11-7-3-5(9)4(8)2-6(7)10/h2-3H. The fraction of sp³-hybridized carbons (Fsp3) is 0. The minimum atomic E-state index is -0.976. The summed E-state index contributed by atoms with van der Waals surface area (Å²) < 4.78 is 25.3. The maximum atomic E-state index is 12.4. The predicted molar refractivity (Wildman–Crippen MR) is 45.3 cm³/mol. The molecule has 0 saturated heterocycles. The van der Waals surface area contributed by atoms with E-state index in [0.717, 1.165) is 12.1 Å². The zero-order chi connectivity index (χ0) is 8.43. The van der Waals surface area contributed by atoms with E-state index in [4.69, 9.17) is 6.57 Å². The van der Waals surface area contributed by atoms with E-state index in [1.165, 1.54) is 0 Å². The first-order valence-electron chi connectivity index (χ1n) is 2.67. The topological polar surface area (TPSA) is 4.36 Å². The van der Waals surface area contributed by atoms with Crippen LogP contribution in [0, 0.1) is 21.8 Å². The average molecular weight is 265 g/mol. The number of benzene rings is 1. The van der Waals surface area contributed by atoms with Crippen LogP contribution in [-0.4, -0.2) is 0 Å². The van der Waals surface area contributed by atoms with Crippen LogP contribution in [-0.2, 0) is 0 Å². The van der Waals surface area contributed by atoms with Gasteiger partial charge in [0.1, 0.15) is 5.82 Å². The van der Waals surface area contributed by atoms with Crippen LogP contribution in [0.3, 0.4) is 0 Å². The van der Waals surface area contributed by atoms with Crippen molar-refractivity contribution in [2.24, 2.45) is 0 Å². The highest BCUT2D eigenvalue weighted by Crippen LogP contribution is 2.23. The van der Waals surface area contributed by atoms with Gasteiger partial charge in [-0.15, -0.1) is 0 Å². The average Bonchev–Trinajstić information content (AvgIpc) is 1.97. The number of nitrogens with zero attached hydrogens (tertiary/aromatic N) is 1. The van der Waals surface area contributed by atoms with Gasteiger partial charge in [0.25, 0.3) is 0 Å². The van der Waals surface area contributed by atoms with Crippen molar-refractivity contribution >= 4 is 28.3 Å². The molecule has 11 heavy (non-hydrogen) atoms. The van der Waals surface area contributed by atoms with Gasteiger partial charge in [0.05, 0.1) is 6.57 Å². The summed E-state index contributed by atoms with van der Waals surface area (Å²) in [6, 6.07) is 1.90. The zero-order valence-corrected chi connectivity index (χ0v) is 7.39. The van der Waals surface area contributed by atoms with Gasteiger partial charge in [-0.05, 0) is 12.1 Å². The summed E-state index contributed by atoms with van der Waals surface area (Å²) in [7, 11) is 0. The van der Waals surface area contributed by atoms with Gasteiger partial charge >= 0.3 is 0 Å². The summed E-state index contributed by atoms with van der Waals surface area (Å²) >= 11 is 1.78. The molecule has 0 atom stereocenters. The zero-order valence-electron chi connectivity index (χ0n) is 5.24. The molecule has 0 amide bonds. The van der Waals surface area contributed by atoms with E-state index in [0.29, 0.717) is 3.57 Å². The highest BCUT2D eigenvalue weighted by atomic mass is 127. The molecule has 4 heteroatoms. The molecule has 0 bridgehead atoms. The second kappa shape index (κ2) is 3.13. The van der Waals surface area contributed by atoms with Crippen molar-refractivity contribution in [3.05, 3.63) is 38.8 Å². The Morgan fingerprint density at radius 3 is 2.36 bits per heavy atom. The van der Waals surface area contributed by atoms with E-state index in [1.54, 1.807) is 22.6 Å². The molecule has 0 spiro atoms. The Morgan fingerprint density at radius 2 is 1.82 bits per heavy atom. The minimum Gasteiger partial charge on any atom is -0.237 e. The molecular formula is C7H2F2IN. The highest BCUT2D eigenvalue weighted by molar-refractivity contribution is 14.1. The SMILES string of the molecule is [C-]#[N+]c1cc(F)c(F)cc1I. The van der Waals surface area contributed by atoms with E-state index < -0.39 is 11.6 Å². The van der Waals surface area contributed by atoms with Crippen molar-refractivity contribution in [1.29, 1.82) is 0 Å². The molecule has 1 nitrogen and oxygen atoms in total. The minimum absolute atomic E-state index is 0.143. The number of halogens is 3. The smallest absolute Gasteiger partial charge is 0.203 e. The van der Waals surface area contributed by atoms with E-state index in [-0.39, 0.29) is 5.69 Å². The molecule has 0 N–H and O–H groups in total. The van der Waals surface area contributed by atoms with Gasteiger partial charge in [-0.2, -0.15) is 0 Å². The van der Waals surface area contributed by atoms with Gasteiger partial charge in [0.2, 0.25) is 5.69 Å². The molecule has 0 radical (unpaired) electrons. The molecule has 56 valence electrons. The largest absolute Gasteiger partial charge is 0.237 e. The van der Waals surface area contributed by atoms with Crippen molar-refractivity contribution in [1.82, 2.24) is 0 Å². The first kappa shape index (κ1) is 8.40.